The van der Waals surface area contributed by atoms with Crippen molar-refractivity contribution in [2.75, 3.05) is 0 Å². The first-order chi connectivity index (χ1) is 11.0. The van der Waals surface area contributed by atoms with Gasteiger partial charge in [0, 0.05) is 12.3 Å². The van der Waals surface area contributed by atoms with Crippen molar-refractivity contribution in [2.45, 2.75) is 6.92 Å². The van der Waals surface area contributed by atoms with Gasteiger partial charge in [0.05, 0.1) is 5.02 Å². The number of carboxylic acid groups (broad SMARTS) is 1. The number of hydrogen-bond donors (Lipinski definition) is 1. The SMILES string of the molecule is Cc1ccccc1.O=C(O)c1cc(Br)nn1-c1ncccc1Cl. The van der Waals surface area contributed by atoms with Gasteiger partial charge in [0.1, 0.15) is 4.60 Å². The van der Waals surface area contributed by atoms with E-state index in [1.807, 2.05) is 18.2 Å². The third-order valence-electron chi connectivity index (χ3n) is 2.78. The molecule has 0 aliphatic carbocycles. The van der Waals surface area contributed by atoms with Crippen molar-refractivity contribution >= 4 is 33.5 Å². The van der Waals surface area contributed by atoms with Crippen molar-refractivity contribution in [1.82, 2.24) is 14.8 Å². The Bertz CT molecular complexity index is 806. The van der Waals surface area contributed by atoms with Crippen LogP contribution in [0.4, 0.5) is 0 Å². The standard InChI is InChI=1S/C9H5BrClN3O2.C7H8/c10-7-4-6(9(15)16)14(13-7)8-5(11)2-1-3-12-8;1-7-5-3-2-4-6-7/h1-4H,(H,15,16);2-6H,1H3. The van der Waals surface area contributed by atoms with Gasteiger partial charge in [0.2, 0.25) is 0 Å². The highest BCUT2D eigenvalue weighted by molar-refractivity contribution is 9.10. The van der Waals surface area contributed by atoms with E-state index in [2.05, 4.69) is 45.1 Å². The van der Waals surface area contributed by atoms with Gasteiger partial charge in [-0.25, -0.2) is 14.5 Å². The Morgan fingerprint density at radius 2 is 1.91 bits per heavy atom. The molecule has 118 valence electrons. The van der Waals surface area contributed by atoms with Crippen LogP contribution in [0.3, 0.4) is 0 Å². The molecule has 0 fully saturated rings. The Morgan fingerprint density at radius 1 is 1.22 bits per heavy atom. The molecule has 0 atom stereocenters. The van der Waals surface area contributed by atoms with E-state index < -0.39 is 5.97 Å². The Morgan fingerprint density at radius 3 is 2.43 bits per heavy atom. The molecular formula is C16H13BrClN3O2. The lowest BCUT2D eigenvalue weighted by molar-refractivity contribution is 0.0687. The van der Waals surface area contributed by atoms with Gasteiger partial charge >= 0.3 is 5.97 Å². The van der Waals surface area contributed by atoms with Gasteiger partial charge in [-0.1, -0.05) is 47.5 Å². The lowest BCUT2D eigenvalue weighted by Crippen LogP contribution is -2.09. The van der Waals surface area contributed by atoms with Gasteiger partial charge in [-0.15, -0.1) is 0 Å². The molecule has 0 aliphatic heterocycles. The third kappa shape index (κ3) is 4.64. The Hall–Kier alpha value is -2.18. The molecule has 0 saturated heterocycles. The van der Waals surface area contributed by atoms with Crippen LogP contribution < -0.4 is 0 Å². The van der Waals surface area contributed by atoms with Crippen LogP contribution in [0.25, 0.3) is 5.82 Å². The molecule has 1 aromatic carbocycles. The summed E-state index contributed by atoms with van der Waals surface area (Å²) in [5.74, 6) is -0.813. The quantitative estimate of drug-likeness (QED) is 0.700. The van der Waals surface area contributed by atoms with E-state index in [9.17, 15) is 4.79 Å². The monoisotopic (exact) mass is 393 g/mol. The first-order valence-electron chi connectivity index (χ1n) is 6.60. The highest BCUT2D eigenvalue weighted by Crippen LogP contribution is 2.20. The van der Waals surface area contributed by atoms with Gasteiger partial charge in [-0.2, -0.15) is 5.10 Å². The van der Waals surface area contributed by atoms with E-state index in [1.54, 1.807) is 12.1 Å². The molecule has 23 heavy (non-hydrogen) atoms. The van der Waals surface area contributed by atoms with Crippen molar-refractivity contribution in [3.8, 4) is 5.82 Å². The molecule has 7 heteroatoms. The molecule has 2 aromatic heterocycles. The first-order valence-corrected chi connectivity index (χ1v) is 7.77. The second-order valence-corrected chi connectivity index (χ2v) is 5.75. The van der Waals surface area contributed by atoms with Crippen LogP contribution in [0.15, 0.2) is 59.3 Å². The zero-order chi connectivity index (χ0) is 16.8. The van der Waals surface area contributed by atoms with Gasteiger partial charge in [-0.3, -0.25) is 0 Å². The Labute approximate surface area is 146 Å². The largest absolute Gasteiger partial charge is 0.477 e. The number of nitrogens with zero attached hydrogens (tertiary/aromatic N) is 3. The summed E-state index contributed by atoms with van der Waals surface area (Å²) in [6, 6.07) is 14.9. The summed E-state index contributed by atoms with van der Waals surface area (Å²) >= 11 is 9.02. The fourth-order valence-electron chi connectivity index (χ4n) is 1.73. The van der Waals surface area contributed by atoms with Gasteiger partial charge in [0.15, 0.2) is 11.5 Å². The maximum atomic E-state index is 11.0. The average molecular weight is 395 g/mol. The van der Waals surface area contributed by atoms with E-state index in [-0.39, 0.29) is 11.5 Å². The van der Waals surface area contributed by atoms with Crippen molar-refractivity contribution in [3.05, 3.63) is 75.6 Å². The van der Waals surface area contributed by atoms with E-state index >= 15 is 0 Å². The predicted octanol–water partition coefficient (Wildman–Crippen LogP) is 4.38. The lowest BCUT2D eigenvalue weighted by Gasteiger charge is -2.04. The number of benzene rings is 1. The number of pyridine rings is 1. The number of carboxylic acids is 1. The lowest BCUT2D eigenvalue weighted by atomic mass is 10.2. The van der Waals surface area contributed by atoms with Crippen LogP contribution in [0.2, 0.25) is 5.02 Å². The minimum absolute atomic E-state index is 0.00697. The molecule has 0 saturated carbocycles. The highest BCUT2D eigenvalue weighted by atomic mass is 79.9. The Kier molecular flexibility index (Phi) is 5.90. The first kappa shape index (κ1) is 17.2. The van der Waals surface area contributed by atoms with E-state index in [1.165, 1.54) is 22.5 Å². The topological polar surface area (TPSA) is 68.0 Å². The number of rotatable bonds is 2. The van der Waals surface area contributed by atoms with Crippen LogP contribution in [0, 0.1) is 6.92 Å². The normalized spacial score (nSPS) is 9.87. The number of halogens is 2. The summed E-state index contributed by atoms with van der Waals surface area (Å²) in [4.78, 5) is 15.0. The minimum Gasteiger partial charge on any atom is -0.477 e. The summed E-state index contributed by atoms with van der Waals surface area (Å²) in [5, 5.41) is 13.3. The smallest absolute Gasteiger partial charge is 0.354 e. The van der Waals surface area contributed by atoms with Crippen LogP contribution in [-0.4, -0.2) is 25.8 Å². The maximum absolute atomic E-state index is 11.0. The van der Waals surface area contributed by atoms with E-state index in [0.717, 1.165) is 0 Å². The van der Waals surface area contributed by atoms with Crippen molar-refractivity contribution in [1.29, 1.82) is 0 Å². The molecule has 5 nitrogen and oxygen atoms in total. The molecule has 0 aliphatic rings. The second-order valence-electron chi connectivity index (χ2n) is 4.53. The van der Waals surface area contributed by atoms with E-state index in [4.69, 9.17) is 16.7 Å². The second kappa shape index (κ2) is 7.89. The van der Waals surface area contributed by atoms with Crippen molar-refractivity contribution in [3.63, 3.8) is 0 Å². The molecule has 0 radical (unpaired) electrons. The number of aryl methyl sites for hydroxylation is 1. The van der Waals surface area contributed by atoms with Crippen LogP contribution in [0.1, 0.15) is 16.1 Å². The fraction of sp³-hybridized carbons (Fsp3) is 0.0625. The number of aromatic carboxylic acids is 1. The van der Waals surface area contributed by atoms with Crippen LogP contribution >= 0.6 is 27.5 Å². The highest BCUT2D eigenvalue weighted by Gasteiger charge is 2.17. The number of aromatic nitrogens is 3. The number of carbonyl (C=O) groups is 1. The molecule has 0 amide bonds. The molecule has 3 aromatic rings. The zero-order valence-electron chi connectivity index (χ0n) is 12.1. The molecule has 0 unspecified atom stereocenters. The van der Waals surface area contributed by atoms with Crippen molar-refractivity contribution in [2.24, 2.45) is 0 Å². The van der Waals surface area contributed by atoms with Gasteiger partial charge in [-0.05, 0) is 35.0 Å². The summed E-state index contributed by atoms with van der Waals surface area (Å²) in [5.41, 5.74) is 1.31. The Balaban J connectivity index is 0.000000229. The van der Waals surface area contributed by atoms with Crippen LogP contribution in [0.5, 0.6) is 0 Å². The summed E-state index contributed by atoms with van der Waals surface area (Å²) in [6.07, 6.45) is 1.52. The fourth-order valence-corrected chi connectivity index (χ4v) is 2.31. The number of hydrogen-bond acceptors (Lipinski definition) is 3. The zero-order valence-corrected chi connectivity index (χ0v) is 14.5. The predicted molar refractivity (Wildman–Crippen MR) is 92.2 cm³/mol. The van der Waals surface area contributed by atoms with Gasteiger partial charge in [0.25, 0.3) is 0 Å². The minimum atomic E-state index is -1.10. The summed E-state index contributed by atoms with van der Waals surface area (Å²) in [6.45, 7) is 2.08. The molecule has 0 spiro atoms. The molecule has 2 heterocycles. The average Bonchev–Trinajstić information content (AvgIpc) is 2.91. The third-order valence-corrected chi connectivity index (χ3v) is 3.46. The van der Waals surface area contributed by atoms with Gasteiger partial charge < -0.3 is 5.11 Å². The molecule has 1 N–H and O–H groups in total. The summed E-state index contributed by atoms with van der Waals surface area (Å²) in [7, 11) is 0. The maximum Gasteiger partial charge on any atom is 0.354 e. The summed E-state index contributed by atoms with van der Waals surface area (Å²) < 4.78 is 1.58. The van der Waals surface area contributed by atoms with Crippen LogP contribution in [-0.2, 0) is 0 Å². The van der Waals surface area contributed by atoms with E-state index in [0.29, 0.717) is 9.63 Å². The van der Waals surface area contributed by atoms with Crippen molar-refractivity contribution < 1.29 is 9.90 Å². The molecule has 0 bridgehead atoms. The molecular weight excluding hydrogens is 382 g/mol. The molecule has 3 rings (SSSR count).